The van der Waals surface area contributed by atoms with Gasteiger partial charge in [0.15, 0.2) is 18.0 Å². The second-order valence-corrected chi connectivity index (χ2v) is 14.7. The van der Waals surface area contributed by atoms with Gasteiger partial charge in [-0.25, -0.2) is 15.1 Å². The summed E-state index contributed by atoms with van der Waals surface area (Å²) in [5.41, 5.74) is 18.7. The van der Waals surface area contributed by atoms with Crippen LogP contribution >= 0.6 is 0 Å². The molecule has 4 aromatic rings. The van der Waals surface area contributed by atoms with Crippen molar-refractivity contribution in [3.8, 4) is 0 Å². The van der Waals surface area contributed by atoms with Gasteiger partial charge in [0.25, 0.3) is 22.9 Å². The van der Waals surface area contributed by atoms with Crippen molar-refractivity contribution in [2.45, 2.75) is 49.9 Å². The molecule has 2 aromatic heterocycles. The van der Waals surface area contributed by atoms with Crippen molar-refractivity contribution in [2.24, 2.45) is 16.1 Å². The summed E-state index contributed by atoms with van der Waals surface area (Å²) in [5.74, 6) is -1.40. The molecule has 30 nitrogen and oxygen atoms in total. The number of fused-ring (bicyclic) bond motifs is 2. The average molecular weight is 1000 g/mol. The number of aromatic nitrogens is 4. The summed E-state index contributed by atoms with van der Waals surface area (Å²) >= 11 is 0. The topological polar surface area (TPSA) is 503 Å². The van der Waals surface area contributed by atoms with Gasteiger partial charge >= 0.3 is 49.7 Å². The number of nitrogens with zero attached hydrogens (tertiary/aromatic N) is 4. The summed E-state index contributed by atoms with van der Waals surface area (Å²) in [6, 6.07) is 9.69. The first kappa shape index (κ1) is 56.1. The van der Waals surface area contributed by atoms with Crippen LogP contribution in [-0.2, 0) is 19.2 Å². The van der Waals surface area contributed by atoms with Crippen molar-refractivity contribution in [3.05, 3.63) is 80.4 Å². The van der Waals surface area contributed by atoms with E-state index in [0.717, 1.165) is 6.34 Å². The van der Waals surface area contributed by atoms with Crippen molar-refractivity contribution in [2.75, 3.05) is 69.5 Å². The van der Waals surface area contributed by atoms with E-state index in [0.29, 0.717) is 60.6 Å². The first-order chi connectivity index (χ1) is 32.9. The Morgan fingerprint density at radius 3 is 1.39 bits per heavy atom. The number of rotatable bonds is 19. The number of nitrogens with one attached hydrogen (secondary N) is 11. The quantitative estimate of drug-likeness (QED) is 0.0107. The maximum absolute atomic E-state index is 12.3. The van der Waals surface area contributed by atoms with E-state index in [-0.39, 0.29) is 96.8 Å². The Balaban J connectivity index is 0.000000333. The standard InChI is InChI=1S/2C19H23N7O6.CH4N4.Ca/c2*20-19-25-15-14(17(30)26-19)23-11(8-22-15)7-21-10-3-1-9(2-4-10)16(29)24-12(18(31)32)5-6-13(27)28;2-4-1-5-3;/h2*1-4,11-12,21,23H,5-8H2,(H,24,29)(H,27,28)(H,31,32)(H4,20,22,25,26,30);1-2H,3H2;/q;;;+2/p-2/t2*11?,12-;;/m00../s1. The van der Waals surface area contributed by atoms with E-state index < -0.39 is 60.6 Å². The summed E-state index contributed by atoms with van der Waals surface area (Å²) in [7, 11) is 0. The minimum atomic E-state index is -1.39. The second kappa shape index (κ2) is 27.5. The van der Waals surface area contributed by atoms with Crippen LogP contribution in [0.15, 0.2) is 68.3 Å². The zero-order chi connectivity index (χ0) is 50.6. The number of anilines is 8. The second-order valence-electron chi connectivity index (χ2n) is 14.7. The molecule has 0 saturated heterocycles. The molecule has 2 amide bonds. The van der Waals surface area contributed by atoms with E-state index >= 15 is 0 Å². The van der Waals surface area contributed by atoms with Crippen LogP contribution in [0.25, 0.3) is 0 Å². The van der Waals surface area contributed by atoms with Crippen molar-refractivity contribution in [3.63, 3.8) is 0 Å². The number of H-pyrrole nitrogens is 2. The smallest absolute Gasteiger partial charge is 0.550 e. The molecule has 6 rings (SSSR count). The van der Waals surface area contributed by atoms with Crippen LogP contribution in [0.4, 0.5) is 46.3 Å². The molecule has 2 aliphatic heterocycles. The third kappa shape index (κ3) is 17.8. The Morgan fingerprint density at radius 2 is 1.09 bits per heavy atom. The number of carbonyl (C=O) groups excluding carboxylic acids is 4. The molecule has 19 N–H and O–H groups in total. The third-order valence-electron chi connectivity index (χ3n) is 9.61. The van der Waals surface area contributed by atoms with E-state index in [1.54, 1.807) is 24.3 Å². The molecule has 4 atom stereocenters. The van der Waals surface area contributed by atoms with Gasteiger partial charge in [0, 0.05) is 60.6 Å². The molecule has 2 unspecified atom stereocenters. The Kier molecular flexibility index (Phi) is 22.1. The van der Waals surface area contributed by atoms with Crippen LogP contribution in [0.2, 0.25) is 0 Å². The van der Waals surface area contributed by atoms with Gasteiger partial charge < -0.3 is 89.9 Å². The summed E-state index contributed by atoms with van der Waals surface area (Å²) in [6.45, 7) is 1.90. The molecular weight excluding hydrogens is 953 g/mol. The minimum Gasteiger partial charge on any atom is -0.550 e. The number of amides is 2. The summed E-state index contributed by atoms with van der Waals surface area (Å²) in [6.07, 6.45) is -0.576. The molecule has 4 heterocycles. The van der Waals surface area contributed by atoms with Crippen LogP contribution in [0, 0.1) is 5.53 Å². The SMILES string of the molecule is N=NC=NN.Nc1nc2c(c(=O)[nH]1)NC(CNc1ccc(C(=O)N[C@@H](CCC(=O)[O-])C(=O)O)cc1)CN2.Nc1nc2c(c(=O)[nH]1)NC(CNc1ccc(C(=O)N[C@@H](CCC(=O)[O-])C(=O)O)cc1)CN2.[Ca+2]. The Labute approximate surface area is 425 Å². The minimum absolute atomic E-state index is 0. The third-order valence-corrected chi connectivity index (χ3v) is 9.61. The number of carbonyl (C=O) groups is 6. The molecule has 70 heavy (non-hydrogen) atoms. The van der Waals surface area contributed by atoms with Gasteiger partial charge in [0.05, 0.1) is 12.1 Å². The maximum Gasteiger partial charge on any atom is 2.00 e. The molecular formula is C39H48CaN18O12. The van der Waals surface area contributed by atoms with Gasteiger partial charge in [-0.2, -0.15) is 15.1 Å². The normalized spacial score (nSPS) is 14.7. The van der Waals surface area contributed by atoms with E-state index in [2.05, 4.69) is 78.5 Å². The van der Waals surface area contributed by atoms with Gasteiger partial charge in [-0.05, 0) is 74.2 Å². The van der Waals surface area contributed by atoms with Gasteiger partial charge in [-0.1, -0.05) is 0 Å². The number of aromatic amines is 2. The Morgan fingerprint density at radius 1 is 0.714 bits per heavy atom. The molecule has 31 heteroatoms. The van der Waals surface area contributed by atoms with Gasteiger partial charge in [0.1, 0.15) is 23.5 Å². The molecule has 0 aliphatic carbocycles. The van der Waals surface area contributed by atoms with Crippen LogP contribution in [0.5, 0.6) is 0 Å². The van der Waals surface area contributed by atoms with Crippen molar-refractivity contribution in [1.29, 1.82) is 5.53 Å². The van der Waals surface area contributed by atoms with Crippen molar-refractivity contribution >= 4 is 126 Å². The van der Waals surface area contributed by atoms with Crippen LogP contribution in [0.1, 0.15) is 46.4 Å². The molecule has 2 aromatic carbocycles. The predicted octanol–water partition coefficient (Wildman–Crippen LogP) is -3.69. The largest absolute Gasteiger partial charge is 2.00 e. The molecule has 0 fully saturated rings. The molecule has 368 valence electrons. The van der Waals surface area contributed by atoms with E-state index in [1.165, 1.54) is 24.3 Å². The number of nitrogens with two attached hydrogens (primary N) is 3. The number of carboxylic acids is 4. The molecule has 0 saturated carbocycles. The van der Waals surface area contributed by atoms with Gasteiger partial charge in [0.2, 0.25) is 11.9 Å². The number of benzene rings is 2. The predicted molar refractivity (Wildman–Crippen MR) is 250 cm³/mol. The number of carboxylic acid groups (broad SMARTS) is 4. The van der Waals surface area contributed by atoms with E-state index in [4.69, 9.17) is 27.2 Å². The van der Waals surface area contributed by atoms with Gasteiger partial charge in [-0.15, -0.1) is 5.11 Å². The maximum atomic E-state index is 12.3. The average Bonchev–Trinajstić information content (AvgIpc) is 3.31. The number of nitrogen functional groups attached to an aromatic ring is 2. The first-order valence-corrected chi connectivity index (χ1v) is 20.4. The number of hydrogen-bond donors (Lipinski definition) is 16. The summed E-state index contributed by atoms with van der Waals surface area (Å²) in [5, 5.41) is 68.1. The van der Waals surface area contributed by atoms with Crippen LogP contribution in [0.3, 0.4) is 0 Å². The first-order valence-electron chi connectivity index (χ1n) is 20.4. The summed E-state index contributed by atoms with van der Waals surface area (Å²) < 4.78 is 0. The number of hydrazone groups is 1. The van der Waals surface area contributed by atoms with E-state index in [9.17, 15) is 48.6 Å². The monoisotopic (exact) mass is 1000 g/mol. The fourth-order valence-electron chi connectivity index (χ4n) is 6.22. The van der Waals surface area contributed by atoms with Crippen molar-refractivity contribution in [1.82, 2.24) is 30.6 Å². The number of hydrogen-bond acceptors (Lipinski definition) is 23. The Hall–Kier alpha value is -8.25. The number of aliphatic carboxylic acids is 4. The van der Waals surface area contributed by atoms with Crippen LogP contribution in [-0.4, -0.2) is 160 Å². The van der Waals surface area contributed by atoms with E-state index in [1.807, 2.05) is 0 Å². The Bertz CT molecular complexity index is 2460. The van der Waals surface area contributed by atoms with Crippen LogP contribution < -0.4 is 81.2 Å². The zero-order valence-electron chi connectivity index (χ0n) is 36.9. The zero-order valence-corrected chi connectivity index (χ0v) is 39.1. The molecule has 0 spiro atoms. The van der Waals surface area contributed by atoms with Gasteiger partial charge in [-0.3, -0.25) is 29.1 Å². The molecule has 0 bridgehead atoms. The molecule has 2 aliphatic rings. The van der Waals surface area contributed by atoms with Crippen molar-refractivity contribution < 1.29 is 49.2 Å². The molecule has 0 radical (unpaired) electrons. The fraction of sp³-hybridized carbons (Fsp3) is 0.308. The summed E-state index contributed by atoms with van der Waals surface area (Å²) in [4.78, 5) is 105. The fourth-order valence-corrected chi connectivity index (χ4v) is 6.22.